The first-order valence-corrected chi connectivity index (χ1v) is 10.4. The lowest BCUT2D eigenvalue weighted by molar-refractivity contribution is 0.147. The normalized spacial score (nSPS) is 12.2. The minimum Gasteiger partial charge on any atom is -0.413 e. The average Bonchev–Trinajstić information content (AvgIpc) is 2.61. The molecule has 2 aromatic carbocycles. The van der Waals surface area contributed by atoms with Gasteiger partial charge >= 0.3 is 13.2 Å². The second-order valence-electron chi connectivity index (χ2n) is 6.79. The number of benzene rings is 2. The lowest BCUT2D eigenvalue weighted by Gasteiger charge is -2.24. The lowest BCUT2D eigenvalue weighted by Crippen LogP contribution is -2.22. The standard InChI is InChI=1S/C21H23O5P/c1-14(2)25-27(23,26-15(3)4)21-19(16-10-6-5-7-11-16)17-12-8-9-13-18(17)20(22)24-21/h5-15H,1-4H3. The summed E-state index contributed by atoms with van der Waals surface area (Å²) in [5.74, 6) is 0. The molecule has 3 rings (SSSR count). The highest BCUT2D eigenvalue weighted by Gasteiger charge is 2.38. The Morgan fingerprint density at radius 3 is 1.89 bits per heavy atom. The molecular formula is C21H23O5P. The number of rotatable bonds is 6. The largest absolute Gasteiger partial charge is 0.413 e. The van der Waals surface area contributed by atoms with Gasteiger partial charge in [0.25, 0.3) is 0 Å². The lowest BCUT2D eigenvalue weighted by atomic mass is 10.0. The zero-order chi connectivity index (χ0) is 19.6. The fourth-order valence-corrected chi connectivity index (χ4v) is 5.01. The smallest absolute Gasteiger partial charge is 0.397 e. The quantitative estimate of drug-likeness (QED) is 0.550. The van der Waals surface area contributed by atoms with Crippen molar-refractivity contribution in [3.8, 4) is 11.1 Å². The van der Waals surface area contributed by atoms with Crippen LogP contribution in [0.25, 0.3) is 21.9 Å². The predicted molar refractivity (Wildman–Crippen MR) is 108 cm³/mol. The van der Waals surface area contributed by atoms with Crippen LogP contribution >= 0.6 is 7.60 Å². The molecule has 0 atom stereocenters. The summed E-state index contributed by atoms with van der Waals surface area (Å²) in [4.78, 5) is 12.6. The summed E-state index contributed by atoms with van der Waals surface area (Å²) in [6.45, 7) is 7.05. The van der Waals surface area contributed by atoms with E-state index in [0.717, 1.165) is 5.56 Å². The van der Waals surface area contributed by atoms with E-state index in [1.165, 1.54) is 0 Å². The number of hydrogen-bond donors (Lipinski definition) is 0. The van der Waals surface area contributed by atoms with Crippen LogP contribution in [0, 0.1) is 0 Å². The molecule has 0 aliphatic carbocycles. The summed E-state index contributed by atoms with van der Waals surface area (Å²) in [5, 5.41) is 1.07. The second kappa shape index (κ2) is 7.81. The van der Waals surface area contributed by atoms with Gasteiger partial charge in [0.05, 0.1) is 17.6 Å². The molecule has 6 heteroatoms. The summed E-state index contributed by atoms with van der Waals surface area (Å²) in [6, 6.07) is 16.5. The third-order valence-corrected chi connectivity index (χ3v) is 6.04. The van der Waals surface area contributed by atoms with E-state index in [-0.39, 0.29) is 17.7 Å². The maximum Gasteiger partial charge on any atom is 0.397 e. The minimum atomic E-state index is -3.88. The molecular weight excluding hydrogens is 363 g/mol. The third-order valence-electron chi connectivity index (χ3n) is 3.83. The van der Waals surface area contributed by atoms with Crippen molar-refractivity contribution in [3.05, 3.63) is 65.0 Å². The first kappa shape index (κ1) is 19.6. The fourth-order valence-electron chi connectivity index (χ4n) is 2.94. The van der Waals surface area contributed by atoms with Gasteiger partial charge in [0.1, 0.15) is 0 Å². The van der Waals surface area contributed by atoms with E-state index in [1.54, 1.807) is 39.8 Å². The van der Waals surface area contributed by atoms with Crippen LogP contribution in [0.3, 0.4) is 0 Å². The van der Waals surface area contributed by atoms with Crippen LogP contribution in [0.15, 0.2) is 63.8 Å². The summed E-state index contributed by atoms with van der Waals surface area (Å²) >= 11 is 0. The summed E-state index contributed by atoms with van der Waals surface area (Å²) in [5.41, 5.74) is 0.697. The monoisotopic (exact) mass is 386 g/mol. The molecule has 0 saturated heterocycles. The van der Waals surface area contributed by atoms with Crippen molar-refractivity contribution < 1.29 is 18.0 Å². The molecule has 0 N–H and O–H groups in total. The Balaban J connectivity index is 2.41. The molecule has 3 aromatic rings. The van der Waals surface area contributed by atoms with Crippen LogP contribution < -0.4 is 11.1 Å². The molecule has 27 heavy (non-hydrogen) atoms. The van der Waals surface area contributed by atoms with E-state index in [0.29, 0.717) is 16.3 Å². The van der Waals surface area contributed by atoms with E-state index in [1.807, 2.05) is 42.5 Å². The van der Waals surface area contributed by atoms with E-state index < -0.39 is 13.2 Å². The van der Waals surface area contributed by atoms with Crippen molar-refractivity contribution in [1.82, 2.24) is 0 Å². The Morgan fingerprint density at radius 1 is 0.815 bits per heavy atom. The minimum absolute atomic E-state index is 0.0557. The van der Waals surface area contributed by atoms with Crippen molar-refractivity contribution in [2.24, 2.45) is 0 Å². The van der Waals surface area contributed by atoms with E-state index in [9.17, 15) is 9.36 Å². The molecule has 0 radical (unpaired) electrons. The van der Waals surface area contributed by atoms with Crippen LogP contribution in [0.5, 0.6) is 0 Å². The summed E-state index contributed by atoms with van der Waals surface area (Å²) < 4.78 is 30.7. The van der Waals surface area contributed by atoms with Crippen molar-refractivity contribution >= 4 is 23.9 Å². The highest BCUT2D eigenvalue weighted by molar-refractivity contribution is 7.62. The van der Waals surface area contributed by atoms with Crippen molar-refractivity contribution in [1.29, 1.82) is 0 Å². The van der Waals surface area contributed by atoms with Gasteiger partial charge in [-0.25, -0.2) is 4.79 Å². The molecule has 0 saturated carbocycles. The Labute approximate surface area is 158 Å². The molecule has 1 aromatic heterocycles. The molecule has 0 aliphatic rings. The molecule has 0 aliphatic heterocycles. The molecule has 0 spiro atoms. The predicted octanol–water partition coefficient (Wildman–Crippen LogP) is 5.13. The molecule has 0 fully saturated rings. The maximum atomic E-state index is 13.7. The Morgan fingerprint density at radius 2 is 1.33 bits per heavy atom. The van der Waals surface area contributed by atoms with Gasteiger partial charge in [0, 0.05) is 10.9 Å². The molecule has 1 heterocycles. The Bertz CT molecular complexity index is 1020. The average molecular weight is 386 g/mol. The highest BCUT2D eigenvalue weighted by atomic mass is 31.2. The van der Waals surface area contributed by atoms with Gasteiger partial charge in [-0.3, -0.25) is 4.57 Å². The van der Waals surface area contributed by atoms with Crippen LogP contribution in [-0.2, 0) is 13.6 Å². The molecule has 5 nitrogen and oxygen atoms in total. The maximum absolute atomic E-state index is 13.7. The molecule has 0 bridgehead atoms. The van der Waals surface area contributed by atoms with Crippen molar-refractivity contribution in [3.63, 3.8) is 0 Å². The zero-order valence-corrected chi connectivity index (χ0v) is 16.7. The van der Waals surface area contributed by atoms with Crippen LogP contribution in [0.1, 0.15) is 27.7 Å². The van der Waals surface area contributed by atoms with Gasteiger partial charge in [-0.2, -0.15) is 0 Å². The van der Waals surface area contributed by atoms with Crippen molar-refractivity contribution in [2.75, 3.05) is 0 Å². The zero-order valence-electron chi connectivity index (χ0n) is 15.8. The van der Waals surface area contributed by atoms with Gasteiger partial charge in [0.2, 0.25) is 5.50 Å². The van der Waals surface area contributed by atoms with E-state index in [2.05, 4.69) is 0 Å². The van der Waals surface area contributed by atoms with Gasteiger partial charge in [-0.1, -0.05) is 48.5 Å². The fraction of sp³-hybridized carbons (Fsp3) is 0.286. The molecule has 0 unspecified atom stereocenters. The van der Waals surface area contributed by atoms with Crippen molar-refractivity contribution in [2.45, 2.75) is 39.9 Å². The third kappa shape index (κ3) is 4.06. The Hall–Kier alpha value is -2.20. The number of fused-ring (bicyclic) bond motifs is 1. The Kier molecular flexibility index (Phi) is 5.66. The second-order valence-corrected chi connectivity index (χ2v) is 8.61. The first-order valence-electron chi connectivity index (χ1n) is 8.90. The molecule has 142 valence electrons. The van der Waals surface area contributed by atoms with Gasteiger partial charge in [-0.15, -0.1) is 0 Å². The number of hydrogen-bond acceptors (Lipinski definition) is 5. The van der Waals surface area contributed by atoms with Crippen LogP contribution in [0.4, 0.5) is 0 Å². The summed E-state index contributed by atoms with van der Waals surface area (Å²) in [7, 11) is -3.88. The van der Waals surface area contributed by atoms with E-state index in [4.69, 9.17) is 13.5 Å². The summed E-state index contributed by atoms with van der Waals surface area (Å²) in [6.07, 6.45) is -0.759. The topological polar surface area (TPSA) is 65.7 Å². The SMILES string of the molecule is CC(C)OP(=O)(OC(C)C)c1oc(=O)c2ccccc2c1-c1ccccc1. The van der Waals surface area contributed by atoms with Crippen LogP contribution in [-0.4, -0.2) is 12.2 Å². The van der Waals surface area contributed by atoms with Gasteiger partial charge in [-0.05, 0) is 39.3 Å². The van der Waals surface area contributed by atoms with Gasteiger partial charge in [0.15, 0.2) is 0 Å². The first-order chi connectivity index (χ1) is 12.8. The highest BCUT2D eigenvalue weighted by Crippen LogP contribution is 2.52. The van der Waals surface area contributed by atoms with Gasteiger partial charge < -0.3 is 13.5 Å². The van der Waals surface area contributed by atoms with Crippen LogP contribution in [0.2, 0.25) is 0 Å². The molecule has 0 amide bonds. The van der Waals surface area contributed by atoms with E-state index >= 15 is 0 Å².